The lowest BCUT2D eigenvalue weighted by atomic mass is 10.2. The molecule has 0 aliphatic rings. The zero-order valence-electron chi connectivity index (χ0n) is 11.0. The molecule has 0 aromatic rings. The van der Waals surface area contributed by atoms with Gasteiger partial charge in [-0.25, -0.2) is 8.42 Å². The highest BCUT2D eigenvalue weighted by atomic mass is 32.2. The molecule has 0 fully saturated rings. The maximum absolute atomic E-state index is 11.8. The molecule has 4 nitrogen and oxygen atoms in total. The van der Waals surface area contributed by atoms with Crippen molar-refractivity contribution in [2.24, 2.45) is 5.92 Å². The van der Waals surface area contributed by atoms with E-state index in [4.69, 9.17) is 0 Å². The first-order valence-corrected chi connectivity index (χ1v) is 8.83. The molecule has 3 unspecified atom stereocenters. The van der Waals surface area contributed by atoms with Crippen LogP contribution in [0.5, 0.6) is 0 Å². The molecule has 104 valence electrons. The first kappa shape index (κ1) is 17.1. The van der Waals surface area contributed by atoms with Gasteiger partial charge in [0, 0.05) is 5.25 Å². The molecule has 17 heavy (non-hydrogen) atoms. The molecule has 0 aliphatic carbocycles. The second kappa shape index (κ2) is 7.48. The summed E-state index contributed by atoms with van der Waals surface area (Å²) in [4.78, 5) is 0. The van der Waals surface area contributed by atoms with Gasteiger partial charge >= 0.3 is 0 Å². The lowest BCUT2D eigenvalue weighted by Crippen LogP contribution is -2.26. The Balaban J connectivity index is 4.01. The third kappa shape index (κ3) is 6.52. The minimum absolute atomic E-state index is 0.119. The van der Waals surface area contributed by atoms with Crippen LogP contribution in [0.15, 0.2) is 0 Å². The van der Waals surface area contributed by atoms with E-state index in [1.165, 1.54) is 0 Å². The van der Waals surface area contributed by atoms with E-state index in [1.54, 1.807) is 13.8 Å². The Morgan fingerprint density at radius 2 is 1.65 bits per heavy atom. The van der Waals surface area contributed by atoms with Gasteiger partial charge in [0.05, 0.1) is 11.0 Å². The molecule has 3 atom stereocenters. The van der Waals surface area contributed by atoms with Crippen LogP contribution in [0.1, 0.15) is 47.0 Å². The zero-order valence-corrected chi connectivity index (χ0v) is 12.6. The van der Waals surface area contributed by atoms with Gasteiger partial charge in [0.15, 0.2) is 9.84 Å². The molecule has 0 saturated carbocycles. The van der Waals surface area contributed by atoms with E-state index in [1.807, 2.05) is 13.8 Å². The molecule has 0 aromatic heterocycles. The van der Waals surface area contributed by atoms with E-state index >= 15 is 0 Å². The summed E-state index contributed by atoms with van der Waals surface area (Å²) in [6.45, 7) is 7.15. The van der Waals surface area contributed by atoms with Gasteiger partial charge in [0.1, 0.15) is 0 Å². The highest BCUT2D eigenvalue weighted by Gasteiger charge is 2.23. The highest BCUT2D eigenvalue weighted by Crippen LogP contribution is 2.15. The lowest BCUT2D eigenvalue weighted by Gasteiger charge is -2.17. The van der Waals surface area contributed by atoms with Gasteiger partial charge < -0.3 is 4.55 Å². The topological polar surface area (TPSA) is 74.3 Å². The third-order valence-electron chi connectivity index (χ3n) is 3.12. The van der Waals surface area contributed by atoms with E-state index in [2.05, 4.69) is 0 Å². The number of rotatable bonds is 8. The number of hydrogen-bond acceptors (Lipinski definition) is 4. The SMILES string of the molecule is CC(C)C(C)S(=O)(=O)CCCCC(C)S(=O)[O-]. The van der Waals surface area contributed by atoms with Gasteiger partial charge in [-0.2, -0.15) is 0 Å². The molecule has 0 bridgehead atoms. The summed E-state index contributed by atoms with van der Waals surface area (Å²) < 4.78 is 44.8. The van der Waals surface area contributed by atoms with Crippen LogP contribution in [-0.2, 0) is 20.9 Å². The van der Waals surface area contributed by atoms with Gasteiger partial charge in [-0.05, 0) is 25.7 Å². The Hall–Kier alpha value is 0.0600. The van der Waals surface area contributed by atoms with Gasteiger partial charge in [0.25, 0.3) is 0 Å². The number of unbranched alkanes of at least 4 members (excludes halogenated alkanes) is 1. The smallest absolute Gasteiger partial charge is 0.153 e. The molecule has 0 N–H and O–H groups in total. The summed E-state index contributed by atoms with van der Waals surface area (Å²) in [5.74, 6) is 0.276. The number of sulfone groups is 1. The van der Waals surface area contributed by atoms with Gasteiger partial charge in [-0.1, -0.05) is 38.3 Å². The fourth-order valence-corrected chi connectivity index (χ4v) is 3.60. The Labute approximate surface area is 107 Å². The second-order valence-corrected chi connectivity index (χ2v) is 8.69. The molecule has 6 heteroatoms. The monoisotopic (exact) mass is 283 g/mol. The summed E-state index contributed by atoms with van der Waals surface area (Å²) in [6, 6.07) is 0. The van der Waals surface area contributed by atoms with Crippen LogP contribution in [-0.4, -0.2) is 33.4 Å². The summed E-state index contributed by atoms with van der Waals surface area (Å²) in [5, 5.41) is -0.714. The molecule has 0 aromatic carbocycles. The van der Waals surface area contributed by atoms with Crippen LogP contribution in [0.3, 0.4) is 0 Å². The van der Waals surface area contributed by atoms with Crippen molar-refractivity contribution in [2.45, 2.75) is 57.5 Å². The summed E-state index contributed by atoms with van der Waals surface area (Å²) >= 11 is -2.05. The summed E-state index contributed by atoms with van der Waals surface area (Å²) in [7, 11) is -3.03. The fraction of sp³-hybridized carbons (Fsp3) is 1.00. The third-order valence-corrected chi connectivity index (χ3v) is 6.55. The predicted octanol–water partition coefficient (Wildman–Crippen LogP) is 1.88. The van der Waals surface area contributed by atoms with Crippen LogP contribution in [0.4, 0.5) is 0 Å². The Kier molecular flexibility index (Phi) is 7.51. The second-order valence-electron chi connectivity index (χ2n) is 4.88. The normalized spacial score (nSPS) is 18.0. The molecule has 0 rings (SSSR count). The number of hydrogen-bond donors (Lipinski definition) is 0. The lowest BCUT2D eigenvalue weighted by molar-refractivity contribution is 0.516. The van der Waals surface area contributed by atoms with E-state index in [0.29, 0.717) is 19.3 Å². The minimum Gasteiger partial charge on any atom is -0.772 e. The first-order valence-electron chi connectivity index (χ1n) is 5.98. The zero-order chi connectivity index (χ0) is 13.6. The van der Waals surface area contributed by atoms with Crippen molar-refractivity contribution in [1.29, 1.82) is 0 Å². The van der Waals surface area contributed by atoms with Crippen LogP contribution in [0.25, 0.3) is 0 Å². The Morgan fingerprint density at radius 3 is 2.06 bits per heavy atom. The maximum Gasteiger partial charge on any atom is 0.153 e. The predicted molar refractivity (Wildman–Crippen MR) is 70.3 cm³/mol. The average Bonchev–Trinajstić information content (AvgIpc) is 2.22. The molecule has 0 saturated heterocycles. The average molecular weight is 283 g/mol. The first-order chi connectivity index (χ1) is 7.68. The van der Waals surface area contributed by atoms with Gasteiger partial charge in [0.2, 0.25) is 0 Å². The standard InChI is InChI=1S/C11H24O4S2/c1-9(2)11(4)17(14,15)8-6-5-7-10(3)16(12)13/h9-11H,5-8H2,1-4H3,(H,12,13)/p-1. The van der Waals surface area contributed by atoms with Crippen molar-refractivity contribution in [3.63, 3.8) is 0 Å². The molecule has 0 heterocycles. The fourth-order valence-electron chi connectivity index (χ4n) is 1.43. The van der Waals surface area contributed by atoms with Gasteiger partial charge in [-0.3, -0.25) is 4.21 Å². The van der Waals surface area contributed by atoms with Crippen molar-refractivity contribution in [2.75, 3.05) is 5.75 Å². The van der Waals surface area contributed by atoms with Crippen LogP contribution in [0, 0.1) is 5.92 Å². The summed E-state index contributed by atoms with van der Waals surface area (Å²) in [5.41, 5.74) is 0. The molecule has 0 aliphatic heterocycles. The van der Waals surface area contributed by atoms with Crippen molar-refractivity contribution >= 4 is 20.9 Å². The quantitative estimate of drug-likeness (QED) is 0.503. The summed E-state index contributed by atoms with van der Waals surface area (Å²) in [6.07, 6.45) is 1.71. The highest BCUT2D eigenvalue weighted by molar-refractivity contribution is 7.92. The van der Waals surface area contributed by atoms with Crippen molar-refractivity contribution in [3.05, 3.63) is 0 Å². The maximum atomic E-state index is 11.8. The van der Waals surface area contributed by atoms with E-state index in [9.17, 15) is 17.2 Å². The van der Waals surface area contributed by atoms with E-state index < -0.39 is 20.9 Å². The minimum atomic E-state index is -3.03. The molecule has 0 radical (unpaired) electrons. The van der Waals surface area contributed by atoms with Crippen molar-refractivity contribution in [3.8, 4) is 0 Å². The molecule has 0 spiro atoms. The molecular formula is C11H23O4S2-. The van der Waals surface area contributed by atoms with E-state index in [0.717, 1.165) is 0 Å². The molecule has 0 amide bonds. The van der Waals surface area contributed by atoms with Crippen molar-refractivity contribution < 1.29 is 17.2 Å². The Morgan fingerprint density at radius 1 is 1.12 bits per heavy atom. The van der Waals surface area contributed by atoms with Crippen molar-refractivity contribution in [1.82, 2.24) is 0 Å². The Bertz CT molecular complexity index is 335. The van der Waals surface area contributed by atoms with Gasteiger partial charge in [-0.15, -0.1) is 0 Å². The molecular weight excluding hydrogens is 260 g/mol. The van der Waals surface area contributed by atoms with Crippen LogP contribution >= 0.6 is 0 Å². The van der Waals surface area contributed by atoms with Crippen LogP contribution in [0.2, 0.25) is 0 Å². The largest absolute Gasteiger partial charge is 0.772 e. The van der Waals surface area contributed by atoms with Crippen LogP contribution < -0.4 is 0 Å². The van der Waals surface area contributed by atoms with E-state index in [-0.39, 0.29) is 22.2 Å².